The first-order valence-electron chi connectivity index (χ1n) is 8.05. The fourth-order valence-electron chi connectivity index (χ4n) is 2.75. The Morgan fingerprint density at radius 1 is 1.28 bits per heavy atom. The molecule has 2 atom stereocenters. The van der Waals surface area contributed by atoms with Crippen LogP contribution < -0.4 is 10.6 Å². The lowest BCUT2D eigenvalue weighted by Crippen LogP contribution is -2.34. The van der Waals surface area contributed by atoms with Crippen LogP contribution in [0.1, 0.15) is 15.9 Å². The predicted molar refractivity (Wildman–Crippen MR) is 92.9 cm³/mol. The van der Waals surface area contributed by atoms with E-state index >= 15 is 0 Å². The average molecular weight is 363 g/mol. The van der Waals surface area contributed by atoms with Crippen molar-refractivity contribution < 1.29 is 18.3 Å². The normalized spacial score (nSPS) is 20.6. The third-order valence-electron chi connectivity index (χ3n) is 4.35. The highest BCUT2D eigenvalue weighted by atomic mass is 32.2. The topological polar surface area (TPSA) is 100 Å². The van der Waals surface area contributed by atoms with E-state index in [0.29, 0.717) is 19.6 Å². The number of aromatic nitrogens is 1. The van der Waals surface area contributed by atoms with Crippen molar-refractivity contribution in [2.24, 2.45) is 5.92 Å². The van der Waals surface area contributed by atoms with E-state index < -0.39 is 16.1 Å². The standard InChI is InChI=1S/C17H21N3O4S/c1-12-2-4-15(5-3-12)25(23,24)20-7-6-13(11-20)17(22)19-9-14-8-18-10-16(14)21/h2-7,11,14,16,18,21H,8-10H2,1H3,(H,19,22). The van der Waals surface area contributed by atoms with E-state index in [1.165, 1.54) is 18.5 Å². The number of benzene rings is 1. The smallest absolute Gasteiger partial charge is 0.267 e. The van der Waals surface area contributed by atoms with Gasteiger partial charge in [-0.1, -0.05) is 17.7 Å². The minimum atomic E-state index is -3.72. The number of carbonyl (C=O) groups is 1. The van der Waals surface area contributed by atoms with Crippen LogP contribution in [0.2, 0.25) is 0 Å². The van der Waals surface area contributed by atoms with Gasteiger partial charge in [0.1, 0.15) is 0 Å². The number of aryl methyl sites for hydroxylation is 1. The summed E-state index contributed by atoms with van der Waals surface area (Å²) >= 11 is 0. The van der Waals surface area contributed by atoms with Gasteiger partial charge in [0.05, 0.1) is 16.6 Å². The van der Waals surface area contributed by atoms with Crippen LogP contribution in [0.15, 0.2) is 47.6 Å². The summed E-state index contributed by atoms with van der Waals surface area (Å²) in [7, 11) is -3.72. The molecule has 8 heteroatoms. The van der Waals surface area contributed by atoms with Gasteiger partial charge in [0.2, 0.25) is 0 Å². The third-order valence-corrected chi connectivity index (χ3v) is 6.00. The first-order chi connectivity index (χ1) is 11.9. The van der Waals surface area contributed by atoms with Gasteiger partial charge in [0, 0.05) is 37.9 Å². The molecule has 3 N–H and O–H groups in total. The summed E-state index contributed by atoms with van der Waals surface area (Å²) in [4.78, 5) is 12.4. The Labute approximate surface area is 146 Å². The summed E-state index contributed by atoms with van der Waals surface area (Å²) in [6.07, 6.45) is 2.18. The molecular weight excluding hydrogens is 342 g/mol. The number of aliphatic hydroxyl groups is 1. The molecule has 2 aromatic rings. The Kier molecular flexibility index (Phi) is 4.94. The SMILES string of the molecule is Cc1ccc(S(=O)(=O)n2ccc(C(=O)NCC3CNCC3O)c2)cc1. The van der Waals surface area contributed by atoms with Crippen molar-refractivity contribution in [1.29, 1.82) is 0 Å². The van der Waals surface area contributed by atoms with Crippen molar-refractivity contribution in [3.05, 3.63) is 53.9 Å². The maximum Gasteiger partial charge on any atom is 0.267 e. The highest BCUT2D eigenvalue weighted by Crippen LogP contribution is 2.16. The predicted octanol–water partition coefficient (Wildman–Crippen LogP) is 0.344. The van der Waals surface area contributed by atoms with Crippen LogP contribution in [-0.2, 0) is 10.0 Å². The second kappa shape index (κ2) is 6.99. The number of β-amino-alcohol motifs (C(OH)–C–C–N with tert-alkyl or cyclic N) is 1. The largest absolute Gasteiger partial charge is 0.391 e. The Morgan fingerprint density at radius 3 is 2.64 bits per heavy atom. The molecule has 2 heterocycles. The molecule has 134 valence electrons. The van der Waals surface area contributed by atoms with Crippen LogP contribution in [0.3, 0.4) is 0 Å². The Morgan fingerprint density at radius 2 is 2.00 bits per heavy atom. The highest BCUT2D eigenvalue weighted by molar-refractivity contribution is 7.90. The van der Waals surface area contributed by atoms with Crippen LogP contribution in [0.25, 0.3) is 0 Å². The van der Waals surface area contributed by atoms with Crippen molar-refractivity contribution in [1.82, 2.24) is 14.6 Å². The maximum atomic E-state index is 12.6. The highest BCUT2D eigenvalue weighted by Gasteiger charge is 2.25. The van der Waals surface area contributed by atoms with Crippen LogP contribution in [0.5, 0.6) is 0 Å². The average Bonchev–Trinajstić information content (AvgIpc) is 3.22. The number of nitrogens with one attached hydrogen (secondary N) is 2. The molecule has 1 aromatic carbocycles. The number of hydrogen-bond donors (Lipinski definition) is 3. The van der Waals surface area contributed by atoms with E-state index in [9.17, 15) is 18.3 Å². The zero-order valence-corrected chi connectivity index (χ0v) is 14.7. The molecule has 0 spiro atoms. The van der Waals surface area contributed by atoms with E-state index in [-0.39, 0.29) is 22.3 Å². The van der Waals surface area contributed by atoms with Gasteiger partial charge in [-0.25, -0.2) is 12.4 Å². The Hall–Kier alpha value is -2.16. The monoisotopic (exact) mass is 363 g/mol. The van der Waals surface area contributed by atoms with Gasteiger partial charge in [-0.2, -0.15) is 0 Å². The van der Waals surface area contributed by atoms with Gasteiger partial charge in [-0.05, 0) is 25.1 Å². The summed E-state index contributed by atoms with van der Waals surface area (Å²) in [5.74, 6) is -0.403. The zero-order valence-electron chi connectivity index (χ0n) is 13.8. The van der Waals surface area contributed by atoms with Crippen molar-refractivity contribution in [2.45, 2.75) is 17.9 Å². The first kappa shape index (κ1) is 17.7. The van der Waals surface area contributed by atoms with Crippen LogP contribution in [-0.4, -0.2) is 49.1 Å². The van der Waals surface area contributed by atoms with E-state index in [2.05, 4.69) is 10.6 Å². The molecule has 7 nitrogen and oxygen atoms in total. The van der Waals surface area contributed by atoms with Crippen molar-refractivity contribution in [3.63, 3.8) is 0 Å². The molecule has 1 aliphatic rings. The number of amides is 1. The second-order valence-corrected chi connectivity index (χ2v) is 8.09. The number of rotatable bonds is 5. The van der Waals surface area contributed by atoms with Gasteiger partial charge in [-0.15, -0.1) is 0 Å². The number of hydrogen-bond acceptors (Lipinski definition) is 5. The van der Waals surface area contributed by atoms with Crippen LogP contribution in [0.4, 0.5) is 0 Å². The number of carbonyl (C=O) groups excluding carboxylic acids is 1. The summed E-state index contributed by atoms with van der Waals surface area (Å²) in [6.45, 7) is 3.38. The van der Waals surface area contributed by atoms with E-state index in [1.807, 2.05) is 6.92 Å². The van der Waals surface area contributed by atoms with E-state index in [0.717, 1.165) is 9.54 Å². The molecule has 2 unspecified atom stereocenters. The molecule has 1 aromatic heterocycles. The summed E-state index contributed by atoms with van der Waals surface area (Å²) in [5.41, 5.74) is 1.23. The summed E-state index contributed by atoms with van der Waals surface area (Å²) in [6, 6.07) is 8.00. The van der Waals surface area contributed by atoms with Gasteiger partial charge in [0.25, 0.3) is 15.9 Å². The quantitative estimate of drug-likeness (QED) is 0.711. The second-order valence-electron chi connectivity index (χ2n) is 6.24. The molecule has 0 radical (unpaired) electrons. The third kappa shape index (κ3) is 3.76. The fourth-order valence-corrected chi connectivity index (χ4v) is 3.94. The molecule has 25 heavy (non-hydrogen) atoms. The summed E-state index contributed by atoms with van der Waals surface area (Å²) in [5, 5.41) is 15.5. The zero-order chi connectivity index (χ0) is 18.0. The molecule has 0 aliphatic carbocycles. The lowest BCUT2D eigenvalue weighted by atomic mass is 10.1. The van der Waals surface area contributed by atoms with Gasteiger partial charge >= 0.3 is 0 Å². The lowest BCUT2D eigenvalue weighted by molar-refractivity contribution is 0.0927. The van der Waals surface area contributed by atoms with Crippen molar-refractivity contribution >= 4 is 15.9 Å². The van der Waals surface area contributed by atoms with E-state index in [1.54, 1.807) is 24.3 Å². The molecule has 3 rings (SSSR count). The minimum absolute atomic E-state index is 0.0395. The van der Waals surface area contributed by atoms with Crippen LogP contribution in [0, 0.1) is 12.8 Å². The van der Waals surface area contributed by atoms with Crippen LogP contribution >= 0.6 is 0 Å². The molecular formula is C17H21N3O4S. The number of aliphatic hydroxyl groups excluding tert-OH is 1. The summed E-state index contributed by atoms with van der Waals surface area (Å²) < 4.78 is 26.2. The maximum absolute atomic E-state index is 12.6. The first-order valence-corrected chi connectivity index (χ1v) is 9.49. The molecule has 1 saturated heterocycles. The van der Waals surface area contributed by atoms with Crippen molar-refractivity contribution in [2.75, 3.05) is 19.6 Å². The molecule has 0 bridgehead atoms. The van der Waals surface area contributed by atoms with Gasteiger partial charge < -0.3 is 15.7 Å². The van der Waals surface area contributed by atoms with Gasteiger partial charge in [-0.3, -0.25) is 4.79 Å². The molecule has 0 saturated carbocycles. The van der Waals surface area contributed by atoms with E-state index in [4.69, 9.17) is 0 Å². The Bertz CT molecular complexity index is 858. The molecule has 1 fully saturated rings. The number of nitrogens with zero attached hydrogens (tertiary/aromatic N) is 1. The molecule has 1 amide bonds. The molecule has 1 aliphatic heterocycles. The fraction of sp³-hybridized carbons (Fsp3) is 0.353. The van der Waals surface area contributed by atoms with Crippen molar-refractivity contribution in [3.8, 4) is 0 Å². The minimum Gasteiger partial charge on any atom is -0.391 e. The van der Waals surface area contributed by atoms with Gasteiger partial charge in [0.15, 0.2) is 0 Å². The lowest BCUT2D eigenvalue weighted by Gasteiger charge is -2.13. The Balaban J connectivity index is 1.71.